The van der Waals surface area contributed by atoms with Crippen LogP contribution in [0.5, 0.6) is 0 Å². The molecule has 0 unspecified atom stereocenters. The summed E-state index contributed by atoms with van der Waals surface area (Å²) in [6.07, 6.45) is 2.71. The summed E-state index contributed by atoms with van der Waals surface area (Å²) in [6, 6.07) is 1.77. The third-order valence-electron chi connectivity index (χ3n) is 4.12. The van der Waals surface area contributed by atoms with Crippen molar-refractivity contribution in [2.45, 2.75) is 33.1 Å². The van der Waals surface area contributed by atoms with Crippen molar-refractivity contribution < 1.29 is 9.90 Å². The first-order valence-corrected chi connectivity index (χ1v) is 6.52. The van der Waals surface area contributed by atoms with Gasteiger partial charge < -0.3 is 10.0 Å². The van der Waals surface area contributed by atoms with Crippen LogP contribution in [0.2, 0.25) is 0 Å². The first kappa shape index (κ1) is 13.1. The zero-order valence-electron chi connectivity index (χ0n) is 11.1. The average molecular weight is 251 g/mol. The number of carbonyl (C=O) groups excluding carboxylic acids is 1. The highest BCUT2D eigenvalue weighted by Crippen LogP contribution is 2.34. The van der Waals surface area contributed by atoms with Crippen molar-refractivity contribution in [1.82, 2.24) is 15.1 Å². The maximum Gasteiger partial charge on any atom is 0.274 e. The van der Waals surface area contributed by atoms with Crippen LogP contribution >= 0.6 is 0 Å². The second-order valence-corrected chi connectivity index (χ2v) is 5.24. The minimum atomic E-state index is -0.0120. The van der Waals surface area contributed by atoms with Crippen molar-refractivity contribution in [3.05, 3.63) is 17.5 Å². The molecular formula is C13H21N3O2. The van der Waals surface area contributed by atoms with Gasteiger partial charge in [-0.25, -0.2) is 0 Å². The van der Waals surface area contributed by atoms with Gasteiger partial charge in [0, 0.05) is 25.4 Å². The number of carbonyl (C=O) groups is 1. The summed E-state index contributed by atoms with van der Waals surface area (Å²) in [4.78, 5) is 14.0. The summed E-state index contributed by atoms with van der Waals surface area (Å²) in [5.41, 5.74) is 1.40. The highest BCUT2D eigenvalue weighted by atomic mass is 16.3. The number of amides is 1. The van der Waals surface area contributed by atoms with Crippen LogP contribution in [0.15, 0.2) is 6.07 Å². The Kier molecular flexibility index (Phi) is 3.71. The molecule has 18 heavy (non-hydrogen) atoms. The number of hydrogen-bond donors (Lipinski definition) is 2. The van der Waals surface area contributed by atoms with Crippen LogP contribution in [0.3, 0.4) is 0 Å². The molecule has 2 N–H and O–H groups in total. The number of aliphatic hydroxyl groups excluding tert-OH is 1. The molecule has 0 radical (unpaired) electrons. The molecule has 0 atom stereocenters. The molecule has 1 aliphatic rings. The summed E-state index contributed by atoms with van der Waals surface area (Å²) in [5.74, 6) is -0.0120. The molecule has 100 valence electrons. The van der Waals surface area contributed by atoms with E-state index in [1.165, 1.54) is 0 Å². The van der Waals surface area contributed by atoms with Gasteiger partial charge in [0.2, 0.25) is 0 Å². The maximum atomic E-state index is 12.2. The second kappa shape index (κ2) is 5.10. The number of likely N-dealkylation sites (tertiary alicyclic amines) is 1. The molecule has 2 heterocycles. The number of H-pyrrole nitrogens is 1. The standard InChI is InChI=1S/C13H21N3O2/c1-3-13(9-17)4-6-16(7-5-13)12(18)11-8-10(2)14-15-11/h8,17H,3-7,9H2,1-2H3,(H,14,15). The van der Waals surface area contributed by atoms with E-state index in [9.17, 15) is 9.90 Å². The maximum absolute atomic E-state index is 12.2. The molecule has 0 spiro atoms. The SMILES string of the molecule is CCC1(CO)CCN(C(=O)c2cc(C)[nH]n2)CC1. The quantitative estimate of drug-likeness (QED) is 0.851. The van der Waals surface area contributed by atoms with E-state index < -0.39 is 0 Å². The molecule has 0 aromatic carbocycles. The van der Waals surface area contributed by atoms with E-state index in [0.29, 0.717) is 18.8 Å². The minimum Gasteiger partial charge on any atom is -0.396 e. The van der Waals surface area contributed by atoms with E-state index in [0.717, 1.165) is 25.0 Å². The van der Waals surface area contributed by atoms with Gasteiger partial charge in [-0.2, -0.15) is 5.10 Å². The molecule has 1 fully saturated rings. The highest BCUT2D eigenvalue weighted by molar-refractivity contribution is 5.92. The van der Waals surface area contributed by atoms with Gasteiger partial charge in [0.15, 0.2) is 0 Å². The zero-order chi connectivity index (χ0) is 13.2. The van der Waals surface area contributed by atoms with Crippen LogP contribution in [0.25, 0.3) is 0 Å². The molecular weight excluding hydrogens is 230 g/mol. The third-order valence-corrected chi connectivity index (χ3v) is 4.12. The first-order chi connectivity index (χ1) is 8.60. The fourth-order valence-electron chi connectivity index (χ4n) is 2.50. The Morgan fingerprint density at radius 3 is 2.67 bits per heavy atom. The van der Waals surface area contributed by atoms with Gasteiger partial charge in [0.25, 0.3) is 5.91 Å². The number of aromatic amines is 1. The molecule has 0 saturated carbocycles. The van der Waals surface area contributed by atoms with Gasteiger partial charge in [-0.3, -0.25) is 9.89 Å². The lowest BCUT2D eigenvalue weighted by Gasteiger charge is -2.40. The van der Waals surface area contributed by atoms with Crippen molar-refractivity contribution >= 4 is 5.91 Å². The van der Waals surface area contributed by atoms with Gasteiger partial charge in [0.05, 0.1) is 0 Å². The van der Waals surface area contributed by atoms with Crippen molar-refractivity contribution in [2.24, 2.45) is 5.41 Å². The van der Waals surface area contributed by atoms with Gasteiger partial charge in [-0.15, -0.1) is 0 Å². The fourth-order valence-corrected chi connectivity index (χ4v) is 2.50. The molecule has 5 heteroatoms. The molecule has 1 aromatic heterocycles. The van der Waals surface area contributed by atoms with E-state index in [1.807, 2.05) is 11.8 Å². The van der Waals surface area contributed by atoms with Crippen LogP contribution in [0, 0.1) is 12.3 Å². The van der Waals surface area contributed by atoms with E-state index in [1.54, 1.807) is 6.07 Å². The smallest absolute Gasteiger partial charge is 0.274 e. The van der Waals surface area contributed by atoms with Gasteiger partial charge in [-0.05, 0) is 37.7 Å². The number of rotatable bonds is 3. The number of aromatic nitrogens is 2. The Hall–Kier alpha value is -1.36. The summed E-state index contributed by atoms with van der Waals surface area (Å²) in [6.45, 7) is 5.62. The Labute approximate surface area is 107 Å². The van der Waals surface area contributed by atoms with E-state index in [-0.39, 0.29) is 17.9 Å². The summed E-state index contributed by atoms with van der Waals surface area (Å²) >= 11 is 0. The van der Waals surface area contributed by atoms with E-state index in [4.69, 9.17) is 0 Å². The van der Waals surface area contributed by atoms with Crippen LogP contribution in [-0.2, 0) is 0 Å². The summed E-state index contributed by atoms with van der Waals surface area (Å²) < 4.78 is 0. The lowest BCUT2D eigenvalue weighted by atomic mass is 9.77. The predicted molar refractivity (Wildman–Crippen MR) is 68.3 cm³/mol. The highest BCUT2D eigenvalue weighted by Gasteiger charge is 2.34. The van der Waals surface area contributed by atoms with Crippen molar-refractivity contribution in [3.63, 3.8) is 0 Å². The molecule has 5 nitrogen and oxygen atoms in total. The molecule has 1 aliphatic heterocycles. The summed E-state index contributed by atoms with van der Waals surface area (Å²) in [5, 5.41) is 16.3. The number of nitrogens with zero attached hydrogens (tertiary/aromatic N) is 2. The lowest BCUT2D eigenvalue weighted by Crippen LogP contribution is -2.44. The zero-order valence-corrected chi connectivity index (χ0v) is 11.1. The van der Waals surface area contributed by atoms with Crippen molar-refractivity contribution in [2.75, 3.05) is 19.7 Å². The first-order valence-electron chi connectivity index (χ1n) is 6.52. The third kappa shape index (κ3) is 2.41. The van der Waals surface area contributed by atoms with Crippen LogP contribution in [-0.4, -0.2) is 45.8 Å². The van der Waals surface area contributed by atoms with E-state index >= 15 is 0 Å². The lowest BCUT2D eigenvalue weighted by molar-refractivity contribution is 0.0334. The largest absolute Gasteiger partial charge is 0.396 e. The number of hydrogen-bond acceptors (Lipinski definition) is 3. The molecule has 1 amide bonds. The fraction of sp³-hybridized carbons (Fsp3) is 0.692. The van der Waals surface area contributed by atoms with Gasteiger partial charge in [-0.1, -0.05) is 6.92 Å². The number of piperidine rings is 1. The number of aliphatic hydroxyl groups is 1. The van der Waals surface area contributed by atoms with Crippen LogP contribution < -0.4 is 0 Å². The second-order valence-electron chi connectivity index (χ2n) is 5.24. The predicted octanol–water partition coefficient (Wildman–Crippen LogP) is 1.34. The molecule has 1 saturated heterocycles. The molecule has 2 rings (SSSR count). The average Bonchev–Trinajstić information content (AvgIpc) is 2.85. The molecule has 1 aromatic rings. The Balaban J connectivity index is 1.99. The number of nitrogens with one attached hydrogen (secondary N) is 1. The Bertz CT molecular complexity index is 414. The van der Waals surface area contributed by atoms with Crippen molar-refractivity contribution in [3.8, 4) is 0 Å². The van der Waals surface area contributed by atoms with Crippen molar-refractivity contribution in [1.29, 1.82) is 0 Å². The Morgan fingerprint density at radius 2 is 2.22 bits per heavy atom. The van der Waals surface area contributed by atoms with Gasteiger partial charge in [0.1, 0.15) is 5.69 Å². The normalized spacial score (nSPS) is 18.9. The monoisotopic (exact) mass is 251 g/mol. The molecule has 0 aliphatic carbocycles. The van der Waals surface area contributed by atoms with Crippen LogP contribution in [0.4, 0.5) is 0 Å². The minimum absolute atomic E-state index is 0.0120. The Morgan fingerprint density at radius 1 is 1.56 bits per heavy atom. The summed E-state index contributed by atoms with van der Waals surface area (Å²) in [7, 11) is 0. The van der Waals surface area contributed by atoms with Crippen LogP contribution in [0.1, 0.15) is 42.4 Å². The topological polar surface area (TPSA) is 69.2 Å². The number of aryl methyl sites for hydroxylation is 1. The van der Waals surface area contributed by atoms with Gasteiger partial charge >= 0.3 is 0 Å². The molecule has 0 bridgehead atoms. The van der Waals surface area contributed by atoms with E-state index in [2.05, 4.69) is 17.1 Å².